The monoisotopic (exact) mass is 346 g/mol. The van der Waals surface area contributed by atoms with Gasteiger partial charge in [0.1, 0.15) is 23.7 Å². The highest BCUT2D eigenvalue weighted by Crippen LogP contribution is 2.28. The molecular formula is C23H26N2O. The fraction of sp³-hybridized carbons (Fsp3) is 0.348. The summed E-state index contributed by atoms with van der Waals surface area (Å²) in [6, 6.07) is 19.0. The number of ether oxygens (including phenoxy) is 1. The molecule has 0 amide bonds. The fourth-order valence-corrected chi connectivity index (χ4v) is 3.55. The van der Waals surface area contributed by atoms with Crippen LogP contribution >= 0.6 is 0 Å². The molecule has 1 aliphatic rings. The summed E-state index contributed by atoms with van der Waals surface area (Å²) in [5.41, 5.74) is 3.40. The van der Waals surface area contributed by atoms with E-state index in [1.54, 1.807) is 0 Å². The van der Waals surface area contributed by atoms with Crippen molar-refractivity contribution < 1.29 is 4.74 Å². The summed E-state index contributed by atoms with van der Waals surface area (Å²) in [6.07, 6.45) is 5.17. The Balaban J connectivity index is 1.59. The quantitative estimate of drug-likeness (QED) is 0.623. The number of aryl methyl sites for hydroxylation is 1. The van der Waals surface area contributed by atoms with Crippen molar-refractivity contribution in [1.82, 2.24) is 4.98 Å². The van der Waals surface area contributed by atoms with Crippen LogP contribution in [0.2, 0.25) is 0 Å². The minimum atomic E-state index is 0.564. The average molecular weight is 346 g/mol. The van der Waals surface area contributed by atoms with Gasteiger partial charge in [-0.1, -0.05) is 54.8 Å². The number of nitrogens with zero attached hydrogens (tertiary/aromatic N) is 2. The Morgan fingerprint density at radius 3 is 2.42 bits per heavy atom. The maximum absolute atomic E-state index is 6.13. The number of fused-ring (bicyclic) bond motifs is 1. The zero-order valence-electron chi connectivity index (χ0n) is 15.4. The van der Waals surface area contributed by atoms with E-state index in [-0.39, 0.29) is 0 Å². The zero-order chi connectivity index (χ0) is 17.8. The van der Waals surface area contributed by atoms with Crippen LogP contribution in [0.25, 0.3) is 10.9 Å². The molecule has 4 rings (SSSR count). The first kappa shape index (κ1) is 16.9. The third kappa shape index (κ3) is 3.82. The van der Waals surface area contributed by atoms with Crippen molar-refractivity contribution in [2.45, 2.75) is 39.2 Å². The lowest BCUT2D eigenvalue weighted by molar-refractivity contribution is 0.309. The molecule has 0 aliphatic carbocycles. The van der Waals surface area contributed by atoms with Crippen LogP contribution in [-0.2, 0) is 6.61 Å². The number of hydrogen-bond donors (Lipinski definition) is 0. The third-order valence-corrected chi connectivity index (χ3v) is 5.11. The van der Waals surface area contributed by atoms with Gasteiger partial charge >= 0.3 is 0 Å². The largest absolute Gasteiger partial charge is 0.487 e. The first-order chi connectivity index (χ1) is 12.8. The highest BCUT2D eigenvalue weighted by molar-refractivity contribution is 5.86. The van der Waals surface area contributed by atoms with Crippen LogP contribution in [0.1, 0.15) is 36.8 Å². The first-order valence-corrected chi connectivity index (χ1v) is 9.63. The maximum atomic E-state index is 6.13. The van der Waals surface area contributed by atoms with Crippen molar-refractivity contribution in [3.63, 3.8) is 0 Å². The van der Waals surface area contributed by atoms with Crippen molar-refractivity contribution in [3.8, 4) is 5.75 Å². The van der Waals surface area contributed by atoms with Crippen LogP contribution in [0, 0.1) is 6.92 Å². The summed E-state index contributed by atoms with van der Waals surface area (Å²) in [5.74, 6) is 1.94. The van der Waals surface area contributed by atoms with Gasteiger partial charge in [-0.15, -0.1) is 0 Å². The SMILES string of the molecule is Cc1ccc(COc2cccc3ccc(N4CCCCCC4)nc23)cc1. The second-order valence-electron chi connectivity index (χ2n) is 7.17. The Morgan fingerprint density at radius 1 is 0.885 bits per heavy atom. The average Bonchev–Trinajstić information content (AvgIpc) is 2.97. The fourth-order valence-electron chi connectivity index (χ4n) is 3.55. The molecule has 1 aromatic heterocycles. The molecule has 0 unspecified atom stereocenters. The van der Waals surface area contributed by atoms with Gasteiger partial charge in [0.25, 0.3) is 0 Å². The molecule has 2 aromatic carbocycles. The molecule has 134 valence electrons. The molecule has 0 spiro atoms. The molecule has 3 heteroatoms. The van der Waals surface area contributed by atoms with Gasteiger partial charge in [0, 0.05) is 18.5 Å². The van der Waals surface area contributed by atoms with Crippen LogP contribution in [0.5, 0.6) is 5.75 Å². The lowest BCUT2D eigenvalue weighted by Gasteiger charge is -2.22. The molecule has 1 saturated heterocycles. The van der Waals surface area contributed by atoms with E-state index in [0.717, 1.165) is 35.6 Å². The molecule has 0 N–H and O–H groups in total. The molecule has 3 nitrogen and oxygen atoms in total. The topological polar surface area (TPSA) is 25.4 Å². The molecule has 2 heterocycles. The Bertz CT molecular complexity index is 865. The summed E-state index contributed by atoms with van der Waals surface area (Å²) < 4.78 is 6.13. The number of benzene rings is 2. The van der Waals surface area contributed by atoms with E-state index in [1.165, 1.54) is 36.8 Å². The van der Waals surface area contributed by atoms with E-state index in [4.69, 9.17) is 9.72 Å². The van der Waals surface area contributed by atoms with Crippen LogP contribution < -0.4 is 9.64 Å². The second kappa shape index (κ2) is 7.77. The predicted molar refractivity (Wildman–Crippen MR) is 108 cm³/mol. The molecule has 1 fully saturated rings. The summed E-state index contributed by atoms with van der Waals surface area (Å²) in [5, 5.41) is 1.13. The first-order valence-electron chi connectivity index (χ1n) is 9.63. The van der Waals surface area contributed by atoms with Crippen LogP contribution in [0.15, 0.2) is 54.6 Å². The molecule has 3 aromatic rings. The van der Waals surface area contributed by atoms with E-state index in [0.29, 0.717) is 6.61 Å². The number of pyridine rings is 1. The number of aromatic nitrogens is 1. The summed E-state index contributed by atoms with van der Waals surface area (Å²) >= 11 is 0. The minimum Gasteiger partial charge on any atom is -0.487 e. The Hall–Kier alpha value is -2.55. The lowest BCUT2D eigenvalue weighted by atomic mass is 10.1. The van der Waals surface area contributed by atoms with Crippen molar-refractivity contribution >= 4 is 16.7 Å². The summed E-state index contributed by atoms with van der Waals surface area (Å²) in [4.78, 5) is 7.39. The second-order valence-corrected chi connectivity index (χ2v) is 7.17. The summed E-state index contributed by atoms with van der Waals surface area (Å²) in [7, 11) is 0. The van der Waals surface area contributed by atoms with Gasteiger partial charge in [0.15, 0.2) is 0 Å². The van der Waals surface area contributed by atoms with Crippen LogP contribution in [0.3, 0.4) is 0 Å². The van der Waals surface area contributed by atoms with Crippen molar-refractivity contribution in [1.29, 1.82) is 0 Å². The molecule has 1 aliphatic heterocycles. The van der Waals surface area contributed by atoms with Gasteiger partial charge < -0.3 is 9.64 Å². The van der Waals surface area contributed by atoms with E-state index >= 15 is 0 Å². The molecule has 0 bridgehead atoms. The number of para-hydroxylation sites is 1. The van der Waals surface area contributed by atoms with Crippen molar-refractivity contribution in [3.05, 3.63) is 65.7 Å². The zero-order valence-corrected chi connectivity index (χ0v) is 15.4. The molecule has 0 saturated carbocycles. The summed E-state index contributed by atoms with van der Waals surface area (Å²) in [6.45, 7) is 4.87. The molecule has 26 heavy (non-hydrogen) atoms. The van der Waals surface area contributed by atoms with E-state index in [1.807, 2.05) is 12.1 Å². The van der Waals surface area contributed by atoms with E-state index in [2.05, 4.69) is 54.3 Å². The van der Waals surface area contributed by atoms with Crippen LogP contribution in [-0.4, -0.2) is 18.1 Å². The third-order valence-electron chi connectivity index (χ3n) is 5.11. The standard InChI is InChI=1S/C23H26N2O/c1-18-9-11-19(12-10-18)17-26-21-8-6-7-20-13-14-22(24-23(20)21)25-15-4-2-3-5-16-25/h6-14H,2-5,15-17H2,1H3. The molecule has 0 atom stereocenters. The Kier molecular flexibility index (Phi) is 5.05. The van der Waals surface area contributed by atoms with Crippen LogP contribution in [0.4, 0.5) is 5.82 Å². The van der Waals surface area contributed by atoms with Gasteiger partial charge in [0.05, 0.1) is 0 Å². The highest BCUT2D eigenvalue weighted by Gasteiger charge is 2.13. The minimum absolute atomic E-state index is 0.564. The highest BCUT2D eigenvalue weighted by atomic mass is 16.5. The maximum Gasteiger partial charge on any atom is 0.146 e. The molecular weight excluding hydrogens is 320 g/mol. The van der Waals surface area contributed by atoms with Gasteiger partial charge in [-0.25, -0.2) is 4.98 Å². The number of hydrogen-bond acceptors (Lipinski definition) is 3. The Labute approximate surface area is 155 Å². The Morgan fingerprint density at radius 2 is 1.65 bits per heavy atom. The van der Waals surface area contributed by atoms with Gasteiger partial charge in [0.2, 0.25) is 0 Å². The number of rotatable bonds is 4. The van der Waals surface area contributed by atoms with Gasteiger partial charge in [-0.3, -0.25) is 0 Å². The van der Waals surface area contributed by atoms with Crippen molar-refractivity contribution in [2.24, 2.45) is 0 Å². The molecule has 0 radical (unpaired) electrons. The normalized spacial score (nSPS) is 15.0. The predicted octanol–water partition coefficient (Wildman–Crippen LogP) is 5.50. The van der Waals surface area contributed by atoms with E-state index in [9.17, 15) is 0 Å². The van der Waals surface area contributed by atoms with Crippen molar-refractivity contribution in [2.75, 3.05) is 18.0 Å². The smallest absolute Gasteiger partial charge is 0.146 e. The lowest BCUT2D eigenvalue weighted by Crippen LogP contribution is -2.24. The van der Waals surface area contributed by atoms with Gasteiger partial charge in [-0.05, 0) is 43.5 Å². The number of anilines is 1. The van der Waals surface area contributed by atoms with Gasteiger partial charge in [-0.2, -0.15) is 0 Å². The van der Waals surface area contributed by atoms with E-state index < -0.39 is 0 Å².